The molecule has 0 aliphatic heterocycles. The molecule has 1 aliphatic rings. The summed E-state index contributed by atoms with van der Waals surface area (Å²) < 4.78 is 28.3. The summed E-state index contributed by atoms with van der Waals surface area (Å²) in [6, 6.07) is 1.83. The van der Waals surface area contributed by atoms with Crippen LogP contribution in [0, 0.1) is 26.7 Å². The lowest BCUT2D eigenvalue weighted by atomic mass is 10.0. The van der Waals surface area contributed by atoms with E-state index in [1.165, 1.54) is 0 Å². The van der Waals surface area contributed by atoms with Crippen molar-refractivity contribution in [3.8, 4) is 0 Å². The van der Waals surface area contributed by atoms with E-state index in [1.54, 1.807) is 6.92 Å². The van der Waals surface area contributed by atoms with Gasteiger partial charge in [-0.3, -0.25) is 0 Å². The van der Waals surface area contributed by atoms with Crippen LogP contribution < -0.4 is 10.5 Å². The molecule has 20 heavy (non-hydrogen) atoms. The highest BCUT2D eigenvalue weighted by molar-refractivity contribution is 7.89. The number of nitrogens with one attached hydrogen (secondary N) is 1. The van der Waals surface area contributed by atoms with E-state index in [0.29, 0.717) is 22.1 Å². The topological polar surface area (TPSA) is 72.2 Å². The summed E-state index contributed by atoms with van der Waals surface area (Å²) in [7, 11) is -3.55. The number of hydrogen-bond donors (Lipinski definition) is 2. The van der Waals surface area contributed by atoms with E-state index in [2.05, 4.69) is 4.72 Å². The molecule has 0 radical (unpaired) electrons. The zero-order valence-electron chi connectivity index (χ0n) is 12.9. The third-order valence-electron chi connectivity index (χ3n) is 4.22. The number of nitrogens with two attached hydrogens (primary N) is 1. The third-order valence-corrected chi connectivity index (χ3v) is 6.19. The highest BCUT2D eigenvalue weighted by Crippen LogP contribution is 2.40. The average Bonchev–Trinajstić information content (AvgIpc) is 3.07. The first-order valence-corrected chi connectivity index (χ1v) is 8.45. The first kappa shape index (κ1) is 15.3. The zero-order valence-corrected chi connectivity index (χ0v) is 13.7. The van der Waals surface area contributed by atoms with Gasteiger partial charge in [0.1, 0.15) is 0 Å². The van der Waals surface area contributed by atoms with Crippen LogP contribution in [0.2, 0.25) is 0 Å². The van der Waals surface area contributed by atoms with Crippen LogP contribution in [0.3, 0.4) is 0 Å². The Morgan fingerprint density at radius 3 is 2.25 bits per heavy atom. The molecule has 2 rings (SSSR count). The van der Waals surface area contributed by atoms with Crippen LogP contribution in [-0.2, 0) is 10.0 Å². The Kier molecular flexibility index (Phi) is 3.63. The largest absolute Gasteiger partial charge is 0.398 e. The fourth-order valence-electron chi connectivity index (χ4n) is 2.88. The van der Waals surface area contributed by atoms with Crippen molar-refractivity contribution in [2.24, 2.45) is 5.92 Å². The third kappa shape index (κ3) is 2.69. The minimum atomic E-state index is -3.55. The lowest BCUT2D eigenvalue weighted by Gasteiger charge is -2.27. The number of nitrogen functional groups attached to an aromatic ring is 1. The number of sulfonamides is 1. The summed E-state index contributed by atoms with van der Waals surface area (Å²) in [6.07, 6.45) is 2.17. The fourth-order valence-corrected chi connectivity index (χ4v) is 4.84. The van der Waals surface area contributed by atoms with Gasteiger partial charge in [0.2, 0.25) is 10.0 Å². The van der Waals surface area contributed by atoms with Crippen molar-refractivity contribution in [3.63, 3.8) is 0 Å². The predicted molar refractivity (Wildman–Crippen MR) is 82.2 cm³/mol. The zero-order chi connectivity index (χ0) is 15.3. The monoisotopic (exact) mass is 296 g/mol. The van der Waals surface area contributed by atoms with E-state index < -0.39 is 15.6 Å². The van der Waals surface area contributed by atoms with E-state index in [4.69, 9.17) is 5.73 Å². The molecule has 0 atom stereocenters. The predicted octanol–water partition coefficient (Wildman–Crippen LogP) is 2.66. The highest BCUT2D eigenvalue weighted by atomic mass is 32.2. The summed E-state index contributed by atoms with van der Waals surface area (Å²) >= 11 is 0. The van der Waals surface area contributed by atoms with Gasteiger partial charge in [0.05, 0.1) is 4.90 Å². The van der Waals surface area contributed by atoms with Crippen LogP contribution in [0.25, 0.3) is 0 Å². The van der Waals surface area contributed by atoms with Gasteiger partial charge in [-0.2, -0.15) is 0 Å². The van der Waals surface area contributed by atoms with E-state index >= 15 is 0 Å². The van der Waals surface area contributed by atoms with Crippen LogP contribution in [0.4, 0.5) is 5.69 Å². The Morgan fingerprint density at radius 1 is 1.20 bits per heavy atom. The molecule has 0 spiro atoms. The Hall–Kier alpha value is -1.07. The van der Waals surface area contributed by atoms with Gasteiger partial charge in [0.25, 0.3) is 0 Å². The Bertz CT molecular complexity index is 644. The van der Waals surface area contributed by atoms with Gasteiger partial charge in [0.15, 0.2) is 0 Å². The van der Waals surface area contributed by atoms with E-state index in [-0.39, 0.29) is 0 Å². The van der Waals surface area contributed by atoms with Crippen LogP contribution in [0.1, 0.15) is 43.4 Å². The summed E-state index contributed by atoms with van der Waals surface area (Å²) in [5, 5.41) is 0. The smallest absolute Gasteiger partial charge is 0.241 e. The van der Waals surface area contributed by atoms with Crippen LogP contribution in [-0.4, -0.2) is 14.0 Å². The molecule has 0 heterocycles. The number of hydrogen-bond acceptors (Lipinski definition) is 3. The number of anilines is 1. The first-order valence-electron chi connectivity index (χ1n) is 6.96. The summed E-state index contributed by atoms with van der Waals surface area (Å²) in [6.45, 7) is 9.38. The normalized spacial score (nSPS) is 16.4. The van der Waals surface area contributed by atoms with Gasteiger partial charge >= 0.3 is 0 Å². The maximum atomic E-state index is 12.7. The molecular formula is C15H24N2O2S. The van der Waals surface area contributed by atoms with Crippen LogP contribution >= 0.6 is 0 Å². The van der Waals surface area contributed by atoms with Crippen molar-refractivity contribution in [3.05, 3.63) is 22.8 Å². The maximum absolute atomic E-state index is 12.7. The van der Waals surface area contributed by atoms with Gasteiger partial charge < -0.3 is 5.73 Å². The lowest BCUT2D eigenvalue weighted by Crippen LogP contribution is -2.45. The van der Waals surface area contributed by atoms with Crippen molar-refractivity contribution < 1.29 is 8.42 Å². The molecule has 4 nitrogen and oxygen atoms in total. The number of rotatable bonds is 4. The minimum absolute atomic E-state index is 0.328. The second-order valence-corrected chi connectivity index (χ2v) is 8.10. The maximum Gasteiger partial charge on any atom is 0.241 e. The second-order valence-electron chi connectivity index (χ2n) is 6.48. The molecule has 0 aromatic heterocycles. The summed E-state index contributed by atoms with van der Waals surface area (Å²) in [5.41, 5.74) is 8.44. The number of benzene rings is 1. The molecule has 0 unspecified atom stereocenters. The Labute approximate surface area is 121 Å². The average molecular weight is 296 g/mol. The van der Waals surface area contributed by atoms with Gasteiger partial charge in [-0.05, 0) is 70.1 Å². The van der Waals surface area contributed by atoms with Crippen molar-refractivity contribution in [2.45, 2.75) is 57.9 Å². The molecule has 0 saturated heterocycles. The lowest BCUT2D eigenvalue weighted by molar-refractivity contribution is 0.400. The Morgan fingerprint density at radius 2 is 1.75 bits per heavy atom. The molecule has 112 valence electrons. The summed E-state index contributed by atoms with van der Waals surface area (Å²) in [5.74, 6) is 0.431. The van der Waals surface area contributed by atoms with E-state index in [1.807, 2.05) is 33.8 Å². The van der Waals surface area contributed by atoms with E-state index in [0.717, 1.165) is 24.0 Å². The molecule has 5 heteroatoms. The standard InChI is InChI=1S/C15H24N2O2S/c1-9-8-10(2)14(11(3)13(9)16)20(18,19)17-15(4,5)12-6-7-12/h8,12,17H,6-7,16H2,1-5H3. The molecule has 1 aromatic carbocycles. The van der Waals surface area contributed by atoms with Crippen LogP contribution in [0.15, 0.2) is 11.0 Å². The van der Waals surface area contributed by atoms with Crippen molar-refractivity contribution >= 4 is 15.7 Å². The van der Waals surface area contributed by atoms with E-state index in [9.17, 15) is 8.42 Å². The SMILES string of the molecule is Cc1cc(C)c(S(=O)(=O)NC(C)(C)C2CC2)c(C)c1N. The number of aryl methyl sites for hydroxylation is 2. The van der Waals surface area contributed by atoms with Gasteiger partial charge in [0, 0.05) is 11.2 Å². The molecule has 1 aromatic rings. The second kappa shape index (κ2) is 4.74. The first-order chi connectivity index (χ1) is 9.06. The van der Waals surface area contributed by atoms with Crippen molar-refractivity contribution in [1.29, 1.82) is 0 Å². The quantitative estimate of drug-likeness (QED) is 0.839. The van der Waals surface area contributed by atoms with Crippen molar-refractivity contribution in [2.75, 3.05) is 5.73 Å². The Balaban J connectivity index is 2.47. The van der Waals surface area contributed by atoms with Gasteiger partial charge in [-0.1, -0.05) is 6.07 Å². The summed E-state index contributed by atoms with van der Waals surface area (Å²) in [4.78, 5) is 0.328. The highest BCUT2D eigenvalue weighted by Gasteiger charge is 2.41. The molecule has 1 fully saturated rings. The molecule has 3 N–H and O–H groups in total. The molecule has 1 aliphatic carbocycles. The molecule has 0 bridgehead atoms. The van der Waals surface area contributed by atoms with Gasteiger partial charge in [-0.15, -0.1) is 0 Å². The molecular weight excluding hydrogens is 272 g/mol. The molecule has 0 amide bonds. The fraction of sp³-hybridized carbons (Fsp3) is 0.600. The minimum Gasteiger partial charge on any atom is -0.398 e. The van der Waals surface area contributed by atoms with Gasteiger partial charge in [-0.25, -0.2) is 13.1 Å². The van der Waals surface area contributed by atoms with Crippen molar-refractivity contribution in [1.82, 2.24) is 4.72 Å². The molecule has 1 saturated carbocycles. The van der Waals surface area contributed by atoms with Crippen LogP contribution in [0.5, 0.6) is 0 Å².